The van der Waals surface area contributed by atoms with Crippen molar-refractivity contribution in [3.05, 3.63) is 0 Å². The van der Waals surface area contributed by atoms with E-state index in [-0.39, 0.29) is 5.41 Å². The monoisotopic (exact) mass is 196 g/mol. The predicted octanol–water partition coefficient (Wildman–Crippen LogP) is 2.95. The molecule has 0 unspecified atom stereocenters. The largest absolute Gasteiger partial charge is 0.317 e. The average Bonchev–Trinajstić information content (AvgIpc) is 2.10. The van der Waals surface area contributed by atoms with Crippen LogP contribution in [0, 0.1) is 22.7 Å². The molecule has 14 heavy (non-hydrogen) atoms. The minimum Gasteiger partial charge on any atom is -0.317 e. The first kappa shape index (κ1) is 13.4. The second-order valence-electron chi connectivity index (χ2n) is 5.03. The number of nitriles is 1. The quantitative estimate of drug-likeness (QED) is 0.635. The van der Waals surface area contributed by atoms with E-state index in [9.17, 15) is 0 Å². The lowest BCUT2D eigenvalue weighted by molar-refractivity contribution is 0.426. The lowest BCUT2D eigenvalue weighted by atomic mass is 9.91. The topological polar surface area (TPSA) is 35.8 Å². The minimum atomic E-state index is -0.176. The average molecular weight is 196 g/mol. The Morgan fingerprint density at radius 1 is 1.29 bits per heavy atom. The molecule has 0 aromatic carbocycles. The van der Waals surface area contributed by atoms with Crippen LogP contribution in [0.25, 0.3) is 0 Å². The third kappa shape index (κ3) is 8.07. The molecule has 2 heteroatoms. The van der Waals surface area contributed by atoms with Crippen LogP contribution >= 0.6 is 0 Å². The lowest BCUT2D eigenvalue weighted by Gasteiger charge is -2.15. The molecule has 82 valence electrons. The lowest BCUT2D eigenvalue weighted by Crippen LogP contribution is -2.22. The SMILES string of the molecule is CC(C)CCCNCCC(C)(C)C#N. The van der Waals surface area contributed by atoms with Crippen LogP contribution in [-0.2, 0) is 0 Å². The van der Waals surface area contributed by atoms with E-state index in [0.717, 1.165) is 25.4 Å². The van der Waals surface area contributed by atoms with E-state index in [1.54, 1.807) is 0 Å². The van der Waals surface area contributed by atoms with Gasteiger partial charge in [-0.1, -0.05) is 13.8 Å². The summed E-state index contributed by atoms with van der Waals surface area (Å²) in [6.07, 6.45) is 3.46. The highest BCUT2D eigenvalue weighted by molar-refractivity contribution is 4.91. The number of hydrogen-bond acceptors (Lipinski definition) is 2. The summed E-state index contributed by atoms with van der Waals surface area (Å²) in [5.41, 5.74) is -0.176. The molecule has 0 saturated heterocycles. The van der Waals surface area contributed by atoms with E-state index in [0.29, 0.717) is 0 Å². The Kier molecular flexibility index (Phi) is 6.57. The van der Waals surface area contributed by atoms with Crippen molar-refractivity contribution >= 4 is 0 Å². The van der Waals surface area contributed by atoms with Gasteiger partial charge in [-0.05, 0) is 52.1 Å². The summed E-state index contributed by atoms with van der Waals surface area (Å²) in [4.78, 5) is 0. The summed E-state index contributed by atoms with van der Waals surface area (Å²) in [6, 6.07) is 2.31. The van der Waals surface area contributed by atoms with E-state index in [1.165, 1.54) is 12.8 Å². The highest BCUT2D eigenvalue weighted by Gasteiger charge is 2.14. The Hall–Kier alpha value is -0.550. The minimum absolute atomic E-state index is 0.176. The second kappa shape index (κ2) is 6.84. The van der Waals surface area contributed by atoms with Crippen LogP contribution in [0.5, 0.6) is 0 Å². The zero-order chi connectivity index (χ0) is 11.0. The molecule has 0 aliphatic heterocycles. The van der Waals surface area contributed by atoms with E-state index in [4.69, 9.17) is 5.26 Å². The zero-order valence-corrected chi connectivity index (χ0v) is 10.1. The van der Waals surface area contributed by atoms with E-state index >= 15 is 0 Å². The van der Waals surface area contributed by atoms with Gasteiger partial charge in [0.25, 0.3) is 0 Å². The van der Waals surface area contributed by atoms with E-state index < -0.39 is 0 Å². The summed E-state index contributed by atoms with van der Waals surface area (Å²) in [7, 11) is 0. The van der Waals surface area contributed by atoms with Crippen molar-refractivity contribution in [2.75, 3.05) is 13.1 Å². The van der Waals surface area contributed by atoms with Crippen LogP contribution in [0.15, 0.2) is 0 Å². The Morgan fingerprint density at radius 3 is 2.43 bits per heavy atom. The third-order valence-electron chi connectivity index (χ3n) is 2.36. The van der Waals surface area contributed by atoms with Gasteiger partial charge in [0, 0.05) is 0 Å². The molecule has 0 amide bonds. The molecule has 0 saturated carbocycles. The standard InChI is InChI=1S/C12H24N2/c1-11(2)6-5-8-14-9-7-12(3,4)10-13/h11,14H,5-9H2,1-4H3. The highest BCUT2D eigenvalue weighted by atomic mass is 14.8. The first-order valence-corrected chi connectivity index (χ1v) is 5.60. The summed E-state index contributed by atoms with van der Waals surface area (Å²) in [6.45, 7) is 10.5. The van der Waals surface area contributed by atoms with Gasteiger partial charge in [-0.25, -0.2) is 0 Å². The van der Waals surface area contributed by atoms with Crippen molar-refractivity contribution < 1.29 is 0 Å². The molecular formula is C12H24N2. The van der Waals surface area contributed by atoms with Gasteiger partial charge >= 0.3 is 0 Å². The van der Waals surface area contributed by atoms with Crippen molar-refractivity contribution in [3.8, 4) is 6.07 Å². The fourth-order valence-electron chi connectivity index (χ4n) is 1.22. The van der Waals surface area contributed by atoms with Crippen molar-refractivity contribution in [1.82, 2.24) is 5.32 Å². The molecule has 0 rings (SSSR count). The summed E-state index contributed by atoms with van der Waals surface area (Å²) in [5.74, 6) is 0.798. The molecule has 0 fully saturated rings. The van der Waals surface area contributed by atoms with Crippen molar-refractivity contribution in [2.24, 2.45) is 11.3 Å². The Morgan fingerprint density at radius 2 is 1.93 bits per heavy atom. The molecule has 1 N–H and O–H groups in total. The Balaban J connectivity index is 3.27. The number of hydrogen-bond donors (Lipinski definition) is 1. The van der Waals surface area contributed by atoms with Crippen molar-refractivity contribution in [1.29, 1.82) is 5.26 Å². The maximum absolute atomic E-state index is 8.79. The number of nitrogens with zero attached hydrogens (tertiary/aromatic N) is 1. The predicted molar refractivity (Wildman–Crippen MR) is 61.0 cm³/mol. The van der Waals surface area contributed by atoms with Gasteiger partial charge in [0.05, 0.1) is 11.5 Å². The molecule has 0 atom stereocenters. The molecule has 0 aliphatic rings. The van der Waals surface area contributed by atoms with Gasteiger partial charge in [-0.3, -0.25) is 0 Å². The Bertz CT molecular complexity index is 177. The van der Waals surface area contributed by atoms with Gasteiger partial charge in [0.1, 0.15) is 0 Å². The first-order chi connectivity index (χ1) is 6.48. The summed E-state index contributed by atoms with van der Waals surface area (Å²) in [5, 5.41) is 12.2. The molecule has 0 aliphatic carbocycles. The van der Waals surface area contributed by atoms with Crippen LogP contribution in [-0.4, -0.2) is 13.1 Å². The highest BCUT2D eigenvalue weighted by Crippen LogP contribution is 2.17. The first-order valence-electron chi connectivity index (χ1n) is 5.60. The molecule has 0 aromatic heterocycles. The molecule has 0 aromatic rings. The van der Waals surface area contributed by atoms with Crippen molar-refractivity contribution in [2.45, 2.75) is 47.0 Å². The van der Waals surface area contributed by atoms with Crippen molar-refractivity contribution in [3.63, 3.8) is 0 Å². The van der Waals surface area contributed by atoms with E-state index in [1.807, 2.05) is 13.8 Å². The molecule has 0 spiro atoms. The van der Waals surface area contributed by atoms with Crippen LogP contribution in [0.1, 0.15) is 47.0 Å². The van der Waals surface area contributed by atoms with Crippen LogP contribution in [0.3, 0.4) is 0 Å². The summed E-state index contributed by atoms with van der Waals surface area (Å²) < 4.78 is 0. The maximum Gasteiger partial charge on any atom is 0.0684 e. The fourth-order valence-corrected chi connectivity index (χ4v) is 1.22. The molecule has 2 nitrogen and oxygen atoms in total. The number of nitrogens with one attached hydrogen (secondary N) is 1. The van der Waals surface area contributed by atoms with E-state index in [2.05, 4.69) is 25.2 Å². The fraction of sp³-hybridized carbons (Fsp3) is 0.917. The molecular weight excluding hydrogens is 172 g/mol. The van der Waals surface area contributed by atoms with Gasteiger partial charge in [-0.15, -0.1) is 0 Å². The smallest absolute Gasteiger partial charge is 0.0684 e. The third-order valence-corrected chi connectivity index (χ3v) is 2.36. The van der Waals surface area contributed by atoms with Crippen LogP contribution in [0.2, 0.25) is 0 Å². The Labute approximate surface area is 88.7 Å². The molecule has 0 radical (unpaired) electrons. The van der Waals surface area contributed by atoms with Gasteiger partial charge < -0.3 is 5.32 Å². The van der Waals surface area contributed by atoms with Gasteiger partial charge in [0.15, 0.2) is 0 Å². The normalized spacial score (nSPS) is 11.7. The van der Waals surface area contributed by atoms with Crippen LogP contribution < -0.4 is 5.32 Å². The van der Waals surface area contributed by atoms with Gasteiger partial charge in [-0.2, -0.15) is 5.26 Å². The number of rotatable bonds is 7. The molecule has 0 bridgehead atoms. The molecule has 0 heterocycles. The zero-order valence-electron chi connectivity index (χ0n) is 10.1. The summed E-state index contributed by atoms with van der Waals surface area (Å²) >= 11 is 0. The van der Waals surface area contributed by atoms with Gasteiger partial charge in [0.2, 0.25) is 0 Å². The second-order valence-corrected chi connectivity index (χ2v) is 5.03. The maximum atomic E-state index is 8.79. The van der Waals surface area contributed by atoms with Crippen LogP contribution in [0.4, 0.5) is 0 Å².